The Morgan fingerprint density at radius 2 is 1.55 bits per heavy atom. The number of rotatable bonds is 2. The molecule has 0 aliphatic carbocycles. The molecule has 0 unspecified atom stereocenters. The van der Waals surface area contributed by atoms with E-state index < -0.39 is 28.1 Å². The van der Waals surface area contributed by atoms with Gasteiger partial charge in [-0.2, -0.15) is 0 Å². The van der Waals surface area contributed by atoms with E-state index in [9.17, 15) is 13.6 Å². The fourth-order valence-electron chi connectivity index (χ4n) is 1.39. The molecule has 0 saturated carbocycles. The van der Waals surface area contributed by atoms with E-state index in [4.69, 9.17) is 40.5 Å². The van der Waals surface area contributed by atoms with Crippen LogP contribution in [-0.2, 0) is 0 Å². The molecule has 20 heavy (non-hydrogen) atoms. The second-order valence-corrected chi connectivity index (χ2v) is 4.74. The van der Waals surface area contributed by atoms with Gasteiger partial charge in [0.2, 0.25) is 0 Å². The van der Waals surface area contributed by atoms with Crippen molar-refractivity contribution in [2.75, 3.05) is 0 Å². The number of benzene rings is 1. The molecule has 104 valence electrons. The number of hydrogen-bond acceptors (Lipinski definition) is 3. The number of halogens is 5. The molecule has 0 saturated heterocycles. The second kappa shape index (κ2) is 5.47. The first kappa shape index (κ1) is 14.9. The number of carbonyl (C=O) groups is 1. The Balaban J connectivity index is 2.67. The first-order valence-corrected chi connectivity index (χ1v) is 6.11. The van der Waals surface area contributed by atoms with Gasteiger partial charge in [0.05, 0.1) is 26.2 Å². The lowest BCUT2D eigenvalue weighted by Crippen LogP contribution is -2.12. The molecule has 0 fully saturated rings. The normalized spacial score (nSPS) is 10.7. The van der Waals surface area contributed by atoms with Crippen LogP contribution in [-0.4, -0.2) is 15.9 Å². The Morgan fingerprint density at radius 3 is 2.05 bits per heavy atom. The summed E-state index contributed by atoms with van der Waals surface area (Å²) in [5.41, 5.74) is 4.57. The summed E-state index contributed by atoms with van der Waals surface area (Å²) < 4.78 is 27.4. The van der Waals surface area contributed by atoms with E-state index >= 15 is 0 Å². The fourth-order valence-corrected chi connectivity index (χ4v) is 2.05. The fraction of sp³-hybridized carbons (Fsp3) is 0. The summed E-state index contributed by atoms with van der Waals surface area (Å²) in [6.07, 6.45) is 2.11. The average molecular weight is 339 g/mol. The van der Waals surface area contributed by atoms with Gasteiger partial charge in [0, 0.05) is 12.4 Å². The highest BCUT2D eigenvalue weighted by molar-refractivity contribution is 6.49. The largest absolute Gasteiger partial charge is 0.366 e. The zero-order valence-corrected chi connectivity index (χ0v) is 11.7. The van der Waals surface area contributed by atoms with Crippen LogP contribution in [0, 0.1) is 11.6 Å². The predicted molar refractivity (Wildman–Crippen MR) is 70.9 cm³/mol. The van der Waals surface area contributed by atoms with Crippen LogP contribution >= 0.6 is 34.8 Å². The molecule has 0 bridgehead atoms. The summed E-state index contributed by atoms with van der Waals surface area (Å²) in [6.45, 7) is 0. The lowest BCUT2D eigenvalue weighted by molar-refractivity contribution is 0.0999. The zero-order valence-electron chi connectivity index (χ0n) is 9.42. The van der Waals surface area contributed by atoms with Crippen LogP contribution in [0.25, 0.3) is 11.4 Å². The van der Waals surface area contributed by atoms with Crippen molar-refractivity contribution < 1.29 is 13.6 Å². The Labute approximate surface area is 126 Å². The summed E-state index contributed by atoms with van der Waals surface area (Å²) in [7, 11) is 0. The highest BCUT2D eigenvalue weighted by atomic mass is 35.5. The van der Waals surface area contributed by atoms with Crippen molar-refractivity contribution in [3.8, 4) is 11.4 Å². The zero-order chi connectivity index (χ0) is 15.0. The van der Waals surface area contributed by atoms with E-state index in [0.717, 1.165) is 12.4 Å². The summed E-state index contributed by atoms with van der Waals surface area (Å²) in [6, 6.07) is 0. The maximum absolute atomic E-state index is 13.9. The van der Waals surface area contributed by atoms with E-state index in [2.05, 4.69) is 9.97 Å². The monoisotopic (exact) mass is 337 g/mol. The third-order valence-electron chi connectivity index (χ3n) is 2.37. The molecular formula is C11H4Cl3F2N3O. The average Bonchev–Trinajstić information content (AvgIpc) is 2.44. The van der Waals surface area contributed by atoms with Gasteiger partial charge in [0.15, 0.2) is 17.5 Å². The van der Waals surface area contributed by atoms with Gasteiger partial charge in [-0.05, 0) is 0 Å². The minimum Gasteiger partial charge on any atom is -0.366 e. The maximum Gasteiger partial charge on any atom is 0.251 e. The SMILES string of the molecule is NC(=O)c1cnc(-c2c(F)c(F)c(Cl)c(Cl)c2Cl)nc1. The van der Waals surface area contributed by atoms with Gasteiger partial charge in [-0.1, -0.05) is 34.8 Å². The summed E-state index contributed by atoms with van der Waals surface area (Å²) in [4.78, 5) is 18.3. The minimum absolute atomic E-state index is 0.00538. The van der Waals surface area contributed by atoms with Crippen molar-refractivity contribution >= 4 is 40.7 Å². The lowest BCUT2D eigenvalue weighted by atomic mass is 10.1. The van der Waals surface area contributed by atoms with Crippen molar-refractivity contribution in [2.24, 2.45) is 5.73 Å². The predicted octanol–water partition coefficient (Wildman–Crippen LogP) is 3.48. The lowest BCUT2D eigenvalue weighted by Gasteiger charge is -2.09. The molecular weight excluding hydrogens is 334 g/mol. The molecule has 0 radical (unpaired) electrons. The van der Waals surface area contributed by atoms with Crippen LogP contribution in [0.15, 0.2) is 12.4 Å². The maximum atomic E-state index is 13.9. The Hall–Kier alpha value is -1.50. The number of nitrogens with two attached hydrogens (primary N) is 1. The van der Waals surface area contributed by atoms with Crippen LogP contribution in [0.4, 0.5) is 8.78 Å². The van der Waals surface area contributed by atoms with Crippen LogP contribution in [0.5, 0.6) is 0 Å². The number of amides is 1. The highest BCUT2D eigenvalue weighted by Crippen LogP contribution is 2.40. The van der Waals surface area contributed by atoms with Crippen LogP contribution in [0.3, 0.4) is 0 Å². The summed E-state index contributed by atoms with van der Waals surface area (Å²) in [5, 5.41) is -1.32. The molecule has 1 amide bonds. The third kappa shape index (κ3) is 2.42. The molecule has 2 rings (SSSR count). The van der Waals surface area contributed by atoms with E-state index in [-0.39, 0.29) is 21.4 Å². The topological polar surface area (TPSA) is 68.9 Å². The van der Waals surface area contributed by atoms with Gasteiger partial charge in [-0.15, -0.1) is 0 Å². The Morgan fingerprint density at radius 1 is 1.00 bits per heavy atom. The minimum atomic E-state index is -1.36. The molecule has 1 aromatic carbocycles. The van der Waals surface area contributed by atoms with Gasteiger partial charge in [0.25, 0.3) is 5.91 Å². The van der Waals surface area contributed by atoms with E-state index in [1.807, 2.05) is 0 Å². The summed E-state index contributed by atoms with van der Waals surface area (Å²) >= 11 is 17.0. The van der Waals surface area contributed by atoms with Gasteiger partial charge in [-0.25, -0.2) is 18.7 Å². The number of aromatic nitrogens is 2. The molecule has 1 aromatic heterocycles. The number of carbonyl (C=O) groups excluding carboxylic acids is 1. The molecule has 9 heteroatoms. The Bertz CT molecular complexity index is 678. The van der Waals surface area contributed by atoms with E-state index in [0.29, 0.717) is 0 Å². The Kier molecular flexibility index (Phi) is 4.08. The van der Waals surface area contributed by atoms with Crippen molar-refractivity contribution in [1.82, 2.24) is 9.97 Å². The van der Waals surface area contributed by atoms with Crippen molar-refractivity contribution in [2.45, 2.75) is 0 Å². The van der Waals surface area contributed by atoms with Gasteiger partial charge < -0.3 is 5.73 Å². The molecule has 1 heterocycles. The van der Waals surface area contributed by atoms with Crippen molar-refractivity contribution in [3.63, 3.8) is 0 Å². The number of primary amides is 1. The van der Waals surface area contributed by atoms with Crippen LogP contribution in [0.2, 0.25) is 15.1 Å². The van der Waals surface area contributed by atoms with Gasteiger partial charge >= 0.3 is 0 Å². The molecule has 0 atom stereocenters. The van der Waals surface area contributed by atoms with Crippen LogP contribution < -0.4 is 5.73 Å². The quantitative estimate of drug-likeness (QED) is 0.673. The smallest absolute Gasteiger partial charge is 0.251 e. The second-order valence-electron chi connectivity index (χ2n) is 3.60. The molecule has 0 aliphatic heterocycles. The van der Waals surface area contributed by atoms with E-state index in [1.54, 1.807) is 0 Å². The highest BCUT2D eigenvalue weighted by Gasteiger charge is 2.24. The number of nitrogens with zero attached hydrogens (tertiary/aromatic N) is 2. The molecule has 0 aliphatic rings. The third-order valence-corrected chi connectivity index (χ3v) is 3.67. The molecule has 2 N–H and O–H groups in total. The van der Waals surface area contributed by atoms with Gasteiger partial charge in [0.1, 0.15) is 0 Å². The molecule has 2 aromatic rings. The number of hydrogen-bond donors (Lipinski definition) is 1. The summed E-state index contributed by atoms with van der Waals surface area (Å²) in [5.74, 6) is -3.71. The van der Waals surface area contributed by atoms with Gasteiger partial charge in [-0.3, -0.25) is 4.79 Å². The molecule has 0 spiro atoms. The standard InChI is InChI=1S/C11H4Cl3F2N3O/c12-5-4(8(15)9(16)7(14)6(5)13)11-18-1-3(2-19-11)10(17)20/h1-2H,(H2,17,20). The first-order chi connectivity index (χ1) is 9.34. The first-order valence-electron chi connectivity index (χ1n) is 4.98. The van der Waals surface area contributed by atoms with E-state index in [1.165, 1.54) is 0 Å². The van der Waals surface area contributed by atoms with Crippen molar-refractivity contribution in [3.05, 3.63) is 44.7 Å². The molecule has 4 nitrogen and oxygen atoms in total. The van der Waals surface area contributed by atoms with Crippen LogP contribution in [0.1, 0.15) is 10.4 Å². The van der Waals surface area contributed by atoms with Crippen molar-refractivity contribution in [1.29, 1.82) is 0 Å².